The summed E-state index contributed by atoms with van der Waals surface area (Å²) in [4.78, 5) is 28.3. The van der Waals surface area contributed by atoms with Crippen LogP contribution in [0.2, 0.25) is 0 Å². The third kappa shape index (κ3) is 3.68. The van der Waals surface area contributed by atoms with E-state index in [1.165, 1.54) is 11.3 Å². The van der Waals surface area contributed by atoms with E-state index in [0.29, 0.717) is 35.6 Å². The number of nitrogens with one attached hydrogen (secondary N) is 1. The number of benzene rings is 2. The number of ketones is 1. The van der Waals surface area contributed by atoms with Crippen LogP contribution in [0.5, 0.6) is 0 Å². The molecule has 0 spiro atoms. The van der Waals surface area contributed by atoms with Gasteiger partial charge in [0.05, 0.1) is 17.1 Å². The zero-order valence-electron chi connectivity index (χ0n) is 14.9. The van der Waals surface area contributed by atoms with E-state index in [-0.39, 0.29) is 11.8 Å². The Morgan fingerprint density at radius 2 is 1.79 bits per heavy atom. The van der Waals surface area contributed by atoms with Gasteiger partial charge in [-0.3, -0.25) is 4.79 Å². The zero-order valence-corrected chi connectivity index (χ0v) is 17.3. The number of amides is 2. The molecule has 2 heterocycles. The van der Waals surface area contributed by atoms with E-state index < -0.39 is 0 Å². The topological polar surface area (TPSA) is 75.4 Å². The van der Waals surface area contributed by atoms with Crippen LogP contribution in [0.4, 0.5) is 15.5 Å². The van der Waals surface area contributed by atoms with Gasteiger partial charge in [0, 0.05) is 27.1 Å². The number of halogens is 1. The number of carbonyl (C=O) groups excluding carboxylic acids is 2. The van der Waals surface area contributed by atoms with Crippen LogP contribution in [-0.2, 0) is 13.0 Å². The summed E-state index contributed by atoms with van der Waals surface area (Å²) in [6.45, 7) is 0.999. The number of fused-ring (bicyclic) bond motifs is 1. The van der Waals surface area contributed by atoms with Gasteiger partial charge < -0.3 is 16.0 Å². The highest BCUT2D eigenvalue weighted by Gasteiger charge is 2.29. The third-order valence-electron chi connectivity index (χ3n) is 4.73. The van der Waals surface area contributed by atoms with Gasteiger partial charge in [-0.15, -0.1) is 11.3 Å². The van der Waals surface area contributed by atoms with Crippen LogP contribution < -0.4 is 11.1 Å². The second-order valence-electron chi connectivity index (χ2n) is 6.55. The molecule has 0 aliphatic carbocycles. The maximum absolute atomic E-state index is 13.0. The average Bonchev–Trinajstić information content (AvgIpc) is 3.03. The summed E-state index contributed by atoms with van der Waals surface area (Å²) in [5.41, 5.74) is 9.13. The van der Waals surface area contributed by atoms with Crippen LogP contribution in [-0.4, -0.2) is 23.3 Å². The number of urea groups is 1. The van der Waals surface area contributed by atoms with Crippen LogP contribution >= 0.6 is 27.3 Å². The number of hydrogen-bond donors (Lipinski definition) is 2. The van der Waals surface area contributed by atoms with Gasteiger partial charge in [-0.2, -0.15) is 0 Å². The van der Waals surface area contributed by atoms with Gasteiger partial charge in [0.15, 0.2) is 5.78 Å². The number of hydrogen-bond acceptors (Lipinski definition) is 4. The summed E-state index contributed by atoms with van der Waals surface area (Å²) < 4.78 is 0.921. The lowest BCUT2D eigenvalue weighted by molar-refractivity contribution is 0.103. The minimum Gasteiger partial charge on any atom is -0.390 e. The summed E-state index contributed by atoms with van der Waals surface area (Å²) in [7, 11) is 0. The third-order valence-corrected chi connectivity index (χ3v) is 6.30. The van der Waals surface area contributed by atoms with E-state index in [1.807, 2.05) is 42.5 Å². The summed E-state index contributed by atoms with van der Waals surface area (Å²) in [6, 6.07) is 16.5. The van der Waals surface area contributed by atoms with Gasteiger partial charge in [0.25, 0.3) is 0 Å². The molecule has 0 bridgehead atoms. The fourth-order valence-corrected chi connectivity index (χ4v) is 4.71. The Morgan fingerprint density at radius 1 is 1.07 bits per heavy atom. The molecule has 7 heteroatoms. The van der Waals surface area contributed by atoms with Crippen molar-refractivity contribution in [1.82, 2.24) is 4.90 Å². The smallest absolute Gasteiger partial charge is 0.322 e. The van der Waals surface area contributed by atoms with Crippen molar-refractivity contribution in [2.45, 2.75) is 13.0 Å². The lowest BCUT2D eigenvalue weighted by atomic mass is 9.96. The molecule has 0 radical (unpaired) electrons. The Hall–Kier alpha value is -2.64. The van der Waals surface area contributed by atoms with Crippen molar-refractivity contribution in [1.29, 1.82) is 0 Å². The maximum atomic E-state index is 13.0. The first-order valence-corrected chi connectivity index (χ1v) is 10.4. The fraction of sp³-hybridized carbons (Fsp3) is 0.143. The average molecular weight is 456 g/mol. The van der Waals surface area contributed by atoms with Gasteiger partial charge in [-0.25, -0.2) is 4.79 Å². The van der Waals surface area contributed by atoms with Crippen molar-refractivity contribution in [3.8, 4) is 0 Å². The molecule has 1 aromatic heterocycles. The minimum absolute atomic E-state index is 0.0651. The van der Waals surface area contributed by atoms with E-state index >= 15 is 0 Å². The molecular weight excluding hydrogens is 438 g/mol. The number of carbonyl (C=O) groups is 2. The number of rotatable bonds is 3. The molecule has 1 aliphatic heterocycles. The quantitative estimate of drug-likeness (QED) is 0.550. The van der Waals surface area contributed by atoms with Crippen molar-refractivity contribution >= 4 is 49.8 Å². The standard InChI is InChI=1S/C21H18BrN3O2S/c22-14-8-6-13(7-9-14)19(26)18-16-10-11-25(12-17(16)28-20(18)23)21(27)24-15-4-2-1-3-5-15/h1-9H,10-12,23H2,(H,24,27). The molecule has 3 N–H and O–H groups in total. The van der Waals surface area contributed by atoms with Crippen molar-refractivity contribution < 1.29 is 9.59 Å². The van der Waals surface area contributed by atoms with E-state index in [0.717, 1.165) is 20.6 Å². The monoisotopic (exact) mass is 455 g/mol. The molecule has 0 saturated carbocycles. The number of thiophene rings is 1. The van der Waals surface area contributed by atoms with Crippen LogP contribution in [0.1, 0.15) is 26.4 Å². The minimum atomic E-state index is -0.149. The molecule has 0 atom stereocenters. The summed E-state index contributed by atoms with van der Waals surface area (Å²) in [5.74, 6) is -0.0651. The highest BCUT2D eigenvalue weighted by atomic mass is 79.9. The molecule has 2 amide bonds. The Balaban J connectivity index is 1.54. The highest BCUT2D eigenvalue weighted by Crippen LogP contribution is 2.36. The van der Waals surface area contributed by atoms with Gasteiger partial charge in [-0.1, -0.05) is 34.1 Å². The lowest BCUT2D eigenvalue weighted by Crippen LogP contribution is -2.38. The van der Waals surface area contributed by atoms with Crippen molar-refractivity contribution in [3.63, 3.8) is 0 Å². The first kappa shape index (κ1) is 18.7. The molecule has 2 aromatic carbocycles. The van der Waals surface area contributed by atoms with E-state index in [9.17, 15) is 9.59 Å². The molecule has 3 aromatic rings. The van der Waals surface area contributed by atoms with Crippen LogP contribution in [0.3, 0.4) is 0 Å². The number of anilines is 2. The maximum Gasteiger partial charge on any atom is 0.322 e. The van der Waals surface area contributed by atoms with Crippen molar-refractivity contribution in [3.05, 3.63) is 80.6 Å². The second kappa shape index (κ2) is 7.77. The van der Waals surface area contributed by atoms with Crippen molar-refractivity contribution in [2.24, 2.45) is 0 Å². The van der Waals surface area contributed by atoms with E-state index in [1.54, 1.807) is 17.0 Å². The van der Waals surface area contributed by atoms with Crippen LogP contribution in [0.25, 0.3) is 0 Å². The molecule has 0 saturated heterocycles. The number of para-hydroxylation sites is 1. The molecule has 28 heavy (non-hydrogen) atoms. The Kier molecular flexibility index (Phi) is 5.19. The second-order valence-corrected chi connectivity index (χ2v) is 8.60. The zero-order chi connectivity index (χ0) is 19.7. The highest BCUT2D eigenvalue weighted by molar-refractivity contribution is 9.10. The molecule has 0 unspecified atom stereocenters. The Bertz CT molecular complexity index is 1030. The number of nitrogen functional groups attached to an aromatic ring is 1. The fourth-order valence-electron chi connectivity index (χ4n) is 3.32. The molecule has 4 rings (SSSR count). The van der Waals surface area contributed by atoms with Crippen molar-refractivity contribution in [2.75, 3.05) is 17.6 Å². The summed E-state index contributed by atoms with van der Waals surface area (Å²) in [5, 5.41) is 3.42. The largest absolute Gasteiger partial charge is 0.390 e. The molecule has 0 fully saturated rings. The Morgan fingerprint density at radius 3 is 2.50 bits per heavy atom. The van der Waals surface area contributed by atoms with Gasteiger partial charge in [0.2, 0.25) is 0 Å². The molecule has 5 nitrogen and oxygen atoms in total. The molecule has 142 valence electrons. The summed E-state index contributed by atoms with van der Waals surface area (Å²) in [6.07, 6.45) is 0.614. The predicted molar refractivity (Wildman–Crippen MR) is 116 cm³/mol. The Labute approximate surface area is 175 Å². The van der Waals surface area contributed by atoms with Gasteiger partial charge >= 0.3 is 6.03 Å². The normalized spacial score (nSPS) is 13.1. The van der Waals surface area contributed by atoms with E-state index in [4.69, 9.17) is 5.73 Å². The molecular formula is C21H18BrN3O2S. The van der Waals surface area contributed by atoms with Gasteiger partial charge in [-0.05, 0) is 48.4 Å². The SMILES string of the molecule is Nc1sc2c(c1C(=O)c1ccc(Br)cc1)CCN(C(=O)Nc1ccccc1)C2. The first-order chi connectivity index (χ1) is 13.5. The van der Waals surface area contributed by atoms with Crippen LogP contribution in [0, 0.1) is 0 Å². The lowest BCUT2D eigenvalue weighted by Gasteiger charge is -2.27. The first-order valence-electron chi connectivity index (χ1n) is 8.84. The predicted octanol–water partition coefficient (Wildman–Crippen LogP) is 4.91. The van der Waals surface area contributed by atoms with Gasteiger partial charge in [0.1, 0.15) is 0 Å². The summed E-state index contributed by atoms with van der Waals surface area (Å²) >= 11 is 4.78. The number of nitrogens with zero attached hydrogens (tertiary/aromatic N) is 1. The van der Waals surface area contributed by atoms with E-state index in [2.05, 4.69) is 21.2 Å². The van der Waals surface area contributed by atoms with Crippen LogP contribution in [0.15, 0.2) is 59.1 Å². The number of nitrogens with two attached hydrogens (primary N) is 1. The molecule has 1 aliphatic rings.